The fraction of sp³-hybridized carbons (Fsp3) is 0.635. The summed E-state index contributed by atoms with van der Waals surface area (Å²) in [6, 6.07) is 0. The average molecular weight is 1070 g/mol. The van der Waals surface area contributed by atoms with Crippen LogP contribution in [0.2, 0.25) is 0 Å². The molecule has 1 N–H and O–H groups in total. The molecule has 1 aliphatic heterocycles. The fourth-order valence-electron chi connectivity index (χ4n) is 7.35. The standard InChI is InChI=1S/C26H38BrNO4S2.C26H39NO4S2/c1-17(9-8-10-18(2)14-29)11-12-23(19(3)13-22-15-33-21(5)28-22)32-24(30)16-34-26(6,7)25(31)20(4)27;1-16-9-8-10-17(2)24(29)19(4)25(30)26(6,7)33-15-23(28)31-22(12-11-16)18(3)13-21-14-32-20(5)27-21/h11,13-15,18,20,23H,8-10,12,16H2,1-7H3;11,13-14,17,19,22,24,29H,8-10,12,15H2,1-7H3/b17-11-,19-13+;16-11-,18-13+/t18-,20?,23-;17-,19+,22-,24-/m00/s1. The van der Waals surface area contributed by atoms with Gasteiger partial charge in [0.05, 0.1) is 53.3 Å². The summed E-state index contributed by atoms with van der Waals surface area (Å²) in [6.45, 7) is 26.9. The number of alkyl halides is 1. The van der Waals surface area contributed by atoms with Gasteiger partial charge in [0.2, 0.25) is 0 Å². The number of thiazole rings is 2. The quantitative estimate of drug-likeness (QED) is 0.0695. The molecule has 0 fully saturated rings. The highest BCUT2D eigenvalue weighted by Crippen LogP contribution is 2.33. The van der Waals surface area contributed by atoms with Crippen molar-refractivity contribution in [2.24, 2.45) is 17.8 Å². The Kier molecular flexibility index (Phi) is 26.6. The second kappa shape index (κ2) is 29.5. The number of ether oxygens (including phenoxy) is 2. The van der Waals surface area contributed by atoms with Crippen LogP contribution in [0.4, 0.5) is 0 Å². The second-order valence-corrected chi connectivity index (χ2v) is 25.7. The van der Waals surface area contributed by atoms with Crippen molar-refractivity contribution in [1.29, 1.82) is 0 Å². The van der Waals surface area contributed by atoms with E-state index >= 15 is 0 Å². The molecule has 7 atom stereocenters. The van der Waals surface area contributed by atoms with Gasteiger partial charge in [0.15, 0.2) is 11.6 Å². The molecule has 0 aliphatic carbocycles. The molecular formula is C52H77BrN2O8S4. The average Bonchev–Trinajstić information content (AvgIpc) is 3.88. The molecule has 15 heteroatoms. The number of aryl methyl sites for hydroxylation is 2. The van der Waals surface area contributed by atoms with Gasteiger partial charge in [0.1, 0.15) is 18.5 Å². The minimum absolute atomic E-state index is 0.0330. The number of cyclic esters (lactones) is 1. The first-order valence-electron chi connectivity index (χ1n) is 23.3. The predicted molar refractivity (Wildman–Crippen MR) is 286 cm³/mol. The van der Waals surface area contributed by atoms with Gasteiger partial charge < -0.3 is 19.4 Å². The zero-order valence-corrected chi connectivity index (χ0v) is 47.2. The summed E-state index contributed by atoms with van der Waals surface area (Å²) in [6.07, 6.45) is 14.3. The third-order valence-electron chi connectivity index (χ3n) is 11.8. The molecule has 374 valence electrons. The van der Waals surface area contributed by atoms with E-state index in [1.165, 1.54) is 34.7 Å². The summed E-state index contributed by atoms with van der Waals surface area (Å²) in [5, 5.41) is 16.7. The molecule has 0 aromatic carbocycles. The normalized spacial score (nSPS) is 22.9. The maximum atomic E-state index is 13.1. The first-order valence-corrected chi connectivity index (χ1v) is 28.0. The number of Topliss-reactive ketones (excluding diaryl/α,β-unsaturated/α-hetero) is 2. The van der Waals surface area contributed by atoms with Crippen LogP contribution in [0.15, 0.2) is 45.2 Å². The van der Waals surface area contributed by atoms with E-state index in [0.717, 1.165) is 77.4 Å². The number of aliphatic hydroxyl groups excluding tert-OH is 1. The van der Waals surface area contributed by atoms with Gasteiger partial charge in [-0.3, -0.25) is 19.2 Å². The number of carbonyl (C=O) groups excluding carboxylic acids is 5. The van der Waals surface area contributed by atoms with Crippen molar-refractivity contribution in [3.8, 4) is 0 Å². The zero-order chi connectivity index (χ0) is 50.6. The van der Waals surface area contributed by atoms with Gasteiger partial charge in [-0.2, -0.15) is 0 Å². The smallest absolute Gasteiger partial charge is 0.316 e. The van der Waals surface area contributed by atoms with Crippen molar-refractivity contribution < 1.29 is 38.6 Å². The molecule has 2 aromatic heterocycles. The number of rotatable bonds is 17. The van der Waals surface area contributed by atoms with E-state index in [0.29, 0.717) is 12.8 Å². The van der Waals surface area contributed by atoms with Crippen molar-refractivity contribution in [2.75, 3.05) is 11.5 Å². The number of carbonyl (C=O) groups is 5. The molecule has 0 bridgehead atoms. The minimum atomic E-state index is -0.787. The second-order valence-electron chi connectivity index (χ2n) is 19.0. The predicted octanol–water partition coefficient (Wildman–Crippen LogP) is 13.0. The SMILES string of the molecule is C/C(=C/C[C@H](OC(=O)CSC(C)(C)C(=O)C(C)Br)/C(C)=C/c1csc(C)n1)CCC[C@H](C)C=O.C/C1=C/C[C@@H](/C(C)=C/c2csc(C)n2)OC(=O)CSC(C)(C)C(=O)[C@H](C)[C@@H](O)[C@@H](C)CCC1. The van der Waals surface area contributed by atoms with Crippen molar-refractivity contribution in [2.45, 2.75) is 181 Å². The highest BCUT2D eigenvalue weighted by molar-refractivity contribution is 9.10. The number of aliphatic hydroxyl groups is 1. The first-order chi connectivity index (χ1) is 31.3. The molecule has 0 saturated heterocycles. The molecule has 2 aromatic rings. The Morgan fingerprint density at radius 2 is 1.66 bits per heavy atom. The van der Waals surface area contributed by atoms with Crippen molar-refractivity contribution in [3.63, 3.8) is 0 Å². The Bertz CT molecular complexity index is 2070. The van der Waals surface area contributed by atoms with Crippen LogP contribution < -0.4 is 0 Å². The molecule has 3 rings (SSSR count). The number of halogens is 1. The van der Waals surface area contributed by atoms with Crippen LogP contribution in [0.5, 0.6) is 0 Å². The molecule has 67 heavy (non-hydrogen) atoms. The van der Waals surface area contributed by atoms with Crippen LogP contribution in [0.25, 0.3) is 12.2 Å². The number of aromatic nitrogens is 2. The number of aldehydes is 1. The number of ketones is 2. The maximum Gasteiger partial charge on any atom is 0.316 e. The van der Waals surface area contributed by atoms with Crippen LogP contribution in [0, 0.1) is 31.6 Å². The van der Waals surface area contributed by atoms with Crippen molar-refractivity contribution in [1.82, 2.24) is 9.97 Å². The third-order valence-corrected chi connectivity index (χ3v) is 16.4. The molecule has 0 spiro atoms. The molecule has 1 unspecified atom stereocenters. The van der Waals surface area contributed by atoms with Crippen LogP contribution >= 0.6 is 62.1 Å². The number of thioether (sulfide) groups is 2. The molecule has 0 saturated carbocycles. The lowest BCUT2D eigenvalue weighted by molar-refractivity contribution is -0.144. The number of allylic oxidation sites excluding steroid dienone is 2. The molecule has 0 amide bonds. The molecule has 10 nitrogen and oxygen atoms in total. The fourth-order valence-corrected chi connectivity index (χ4v) is 11.0. The van der Waals surface area contributed by atoms with Gasteiger partial charge in [-0.15, -0.1) is 46.2 Å². The van der Waals surface area contributed by atoms with Crippen molar-refractivity contribution >= 4 is 104 Å². The topological polar surface area (TPSA) is 150 Å². The van der Waals surface area contributed by atoms with Crippen LogP contribution in [-0.4, -0.2) is 89.0 Å². The van der Waals surface area contributed by atoms with Crippen LogP contribution in [0.1, 0.15) is 156 Å². The Morgan fingerprint density at radius 1 is 1.04 bits per heavy atom. The number of hydrogen-bond donors (Lipinski definition) is 1. The molecule has 0 radical (unpaired) electrons. The molecular weight excluding hydrogens is 989 g/mol. The lowest BCUT2D eigenvalue weighted by atomic mass is 9.83. The Morgan fingerprint density at radius 3 is 2.22 bits per heavy atom. The highest BCUT2D eigenvalue weighted by atomic mass is 79.9. The number of hydrogen-bond acceptors (Lipinski definition) is 14. The van der Waals surface area contributed by atoms with Gasteiger partial charge in [-0.05, 0) is 144 Å². The Balaban J connectivity index is 0.000000460. The van der Waals surface area contributed by atoms with Gasteiger partial charge in [-0.25, -0.2) is 9.97 Å². The van der Waals surface area contributed by atoms with E-state index in [4.69, 9.17) is 9.47 Å². The van der Waals surface area contributed by atoms with E-state index in [9.17, 15) is 29.1 Å². The van der Waals surface area contributed by atoms with Crippen LogP contribution in [0.3, 0.4) is 0 Å². The van der Waals surface area contributed by atoms with Crippen LogP contribution in [-0.2, 0) is 33.4 Å². The van der Waals surface area contributed by atoms with Gasteiger partial charge in [-0.1, -0.05) is 60.0 Å². The summed E-state index contributed by atoms with van der Waals surface area (Å²) < 4.78 is 10.3. The van der Waals surface area contributed by atoms with E-state index < -0.39 is 27.6 Å². The number of nitrogens with zero attached hydrogens (tertiary/aromatic N) is 2. The summed E-state index contributed by atoms with van der Waals surface area (Å²) in [5.41, 5.74) is 6.06. The van der Waals surface area contributed by atoms with Crippen molar-refractivity contribution in [3.05, 3.63) is 66.6 Å². The Hall–Kier alpha value is -2.69. The third kappa shape index (κ3) is 22.3. The van der Waals surface area contributed by atoms with Gasteiger partial charge >= 0.3 is 11.9 Å². The lowest BCUT2D eigenvalue weighted by Crippen LogP contribution is -2.41. The summed E-state index contributed by atoms with van der Waals surface area (Å²) in [7, 11) is 0. The number of esters is 2. The monoisotopic (exact) mass is 1060 g/mol. The van der Waals surface area contributed by atoms with E-state index in [2.05, 4.69) is 51.9 Å². The summed E-state index contributed by atoms with van der Waals surface area (Å²) in [5.74, 6) is -0.858. The van der Waals surface area contributed by atoms with E-state index in [1.807, 2.05) is 92.1 Å². The highest BCUT2D eigenvalue weighted by Gasteiger charge is 2.38. The Labute approximate surface area is 426 Å². The molecule has 3 heterocycles. The summed E-state index contributed by atoms with van der Waals surface area (Å²) >= 11 is 9.07. The van der Waals surface area contributed by atoms with E-state index in [1.54, 1.807) is 36.5 Å². The minimum Gasteiger partial charge on any atom is -0.457 e. The maximum absolute atomic E-state index is 13.1. The van der Waals surface area contributed by atoms with Gasteiger partial charge in [0, 0.05) is 35.4 Å². The molecule has 1 aliphatic rings. The first kappa shape index (κ1) is 60.4. The zero-order valence-electron chi connectivity index (χ0n) is 42.4. The van der Waals surface area contributed by atoms with Gasteiger partial charge in [0.25, 0.3) is 0 Å². The summed E-state index contributed by atoms with van der Waals surface area (Å²) in [4.78, 5) is 70.5. The van der Waals surface area contributed by atoms with E-state index in [-0.39, 0.29) is 57.8 Å². The largest absolute Gasteiger partial charge is 0.457 e. The lowest BCUT2D eigenvalue weighted by Gasteiger charge is -2.31.